The molecule has 0 aliphatic rings. The maximum absolute atomic E-state index is 13.7. The molecule has 1 atom stereocenters. The molecule has 1 amide bonds. The molecule has 0 heterocycles. The van der Waals surface area contributed by atoms with Gasteiger partial charge in [-0.15, -0.1) is 0 Å². The van der Waals surface area contributed by atoms with Crippen LogP contribution in [0.25, 0.3) is 0 Å². The zero-order valence-corrected chi connectivity index (χ0v) is 14.6. The highest BCUT2D eigenvalue weighted by Crippen LogP contribution is 2.15. The molecule has 0 bridgehead atoms. The summed E-state index contributed by atoms with van der Waals surface area (Å²) in [5, 5.41) is 7.57. The van der Waals surface area contributed by atoms with Gasteiger partial charge in [0.1, 0.15) is 5.82 Å². The molecule has 2 aromatic carbocycles. The lowest BCUT2D eigenvalue weighted by atomic mass is 10.1. The van der Waals surface area contributed by atoms with E-state index in [1.54, 1.807) is 6.92 Å². The Morgan fingerprint density at radius 1 is 1.19 bits per heavy atom. The van der Waals surface area contributed by atoms with E-state index in [4.69, 9.17) is 9.88 Å². The van der Waals surface area contributed by atoms with Crippen LogP contribution in [0.4, 0.5) is 4.39 Å². The molecule has 0 saturated heterocycles. The van der Waals surface area contributed by atoms with E-state index in [-0.39, 0.29) is 6.04 Å². The molecule has 0 aliphatic heterocycles. The zero-order chi connectivity index (χ0) is 19.3. The Hall–Kier alpha value is -2.78. The van der Waals surface area contributed by atoms with E-state index in [1.165, 1.54) is 0 Å². The van der Waals surface area contributed by atoms with E-state index in [9.17, 15) is 22.4 Å². The first-order chi connectivity index (χ1) is 12.2. The van der Waals surface area contributed by atoms with E-state index in [2.05, 4.69) is 5.32 Å². The first-order valence-corrected chi connectivity index (χ1v) is 9.07. The number of nitrogens with one attached hydrogen (secondary N) is 1. The number of hydrogen-bond acceptors (Lipinski definition) is 5. The molecule has 2 aromatic rings. The van der Waals surface area contributed by atoms with Gasteiger partial charge in [-0.3, -0.25) is 4.79 Å². The first kappa shape index (κ1) is 19.5. The van der Waals surface area contributed by atoms with Gasteiger partial charge in [0.05, 0.1) is 16.5 Å². The number of halogens is 1. The lowest BCUT2D eigenvalue weighted by Gasteiger charge is -2.14. The van der Waals surface area contributed by atoms with Crippen molar-refractivity contribution < 1.29 is 27.1 Å². The highest BCUT2D eigenvalue weighted by atomic mass is 32.2. The van der Waals surface area contributed by atoms with Crippen LogP contribution < -0.4 is 10.5 Å². The Morgan fingerprint density at radius 2 is 1.85 bits per heavy atom. The molecule has 0 spiro atoms. The molecule has 9 heteroatoms. The third kappa shape index (κ3) is 5.11. The molecule has 0 saturated carbocycles. The molecule has 3 N–H and O–H groups in total. The number of carbonyl (C=O) groups is 2. The van der Waals surface area contributed by atoms with Gasteiger partial charge in [0, 0.05) is 0 Å². The predicted octanol–water partition coefficient (Wildman–Crippen LogP) is 1.51. The van der Waals surface area contributed by atoms with Gasteiger partial charge in [0.2, 0.25) is 10.0 Å². The van der Waals surface area contributed by atoms with Gasteiger partial charge in [0.15, 0.2) is 6.61 Å². The fourth-order valence-corrected chi connectivity index (χ4v) is 2.69. The molecule has 26 heavy (non-hydrogen) atoms. The molecule has 2 rings (SSSR count). The van der Waals surface area contributed by atoms with Gasteiger partial charge in [0.25, 0.3) is 5.91 Å². The number of benzene rings is 2. The molecule has 0 aromatic heterocycles. The summed E-state index contributed by atoms with van der Waals surface area (Å²) >= 11 is 0. The number of rotatable bonds is 6. The summed E-state index contributed by atoms with van der Waals surface area (Å²) < 4.78 is 41.0. The maximum Gasteiger partial charge on any atom is 0.341 e. The van der Waals surface area contributed by atoms with Crippen LogP contribution >= 0.6 is 0 Å². The van der Waals surface area contributed by atoms with E-state index in [0.29, 0.717) is 0 Å². The first-order valence-electron chi connectivity index (χ1n) is 7.52. The minimum atomic E-state index is -4.11. The second kappa shape index (κ2) is 8.07. The van der Waals surface area contributed by atoms with E-state index >= 15 is 0 Å². The van der Waals surface area contributed by atoms with Crippen LogP contribution in [0.15, 0.2) is 53.4 Å². The summed E-state index contributed by atoms with van der Waals surface area (Å²) in [6.07, 6.45) is 0. The van der Waals surface area contributed by atoms with Gasteiger partial charge in [-0.1, -0.05) is 30.3 Å². The van der Waals surface area contributed by atoms with Crippen LogP contribution in [-0.2, 0) is 19.6 Å². The Balaban J connectivity index is 1.99. The van der Waals surface area contributed by atoms with Gasteiger partial charge in [-0.05, 0) is 30.7 Å². The van der Waals surface area contributed by atoms with Crippen LogP contribution in [-0.4, -0.2) is 26.9 Å². The van der Waals surface area contributed by atoms with Crippen LogP contribution in [0, 0.1) is 5.82 Å². The fourth-order valence-electron chi connectivity index (χ4n) is 2.15. The normalized spacial score (nSPS) is 12.3. The zero-order valence-electron chi connectivity index (χ0n) is 13.8. The van der Waals surface area contributed by atoms with Crippen LogP contribution in [0.5, 0.6) is 0 Å². The summed E-state index contributed by atoms with van der Waals surface area (Å²) in [4.78, 5) is 23.4. The number of primary sulfonamides is 1. The van der Waals surface area contributed by atoms with Crippen molar-refractivity contribution in [2.45, 2.75) is 17.9 Å². The van der Waals surface area contributed by atoms with Crippen molar-refractivity contribution in [3.05, 3.63) is 65.5 Å². The average molecular weight is 380 g/mol. The average Bonchev–Trinajstić information content (AvgIpc) is 2.59. The number of sulfonamides is 1. The van der Waals surface area contributed by atoms with Crippen molar-refractivity contribution >= 4 is 21.9 Å². The van der Waals surface area contributed by atoms with Crippen molar-refractivity contribution in [2.24, 2.45) is 5.14 Å². The Labute approximate surface area is 150 Å². The third-order valence-electron chi connectivity index (χ3n) is 3.50. The minimum Gasteiger partial charge on any atom is -0.452 e. The van der Waals surface area contributed by atoms with Gasteiger partial charge >= 0.3 is 5.97 Å². The molecule has 0 radical (unpaired) electrons. The highest BCUT2D eigenvalue weighted by molar-refractivity contribution is 7.89. The van der Waals surface area contributed by atoms with E-state index < -0.39 is 44.8 Å². The number of nitrogens with two attached hydrogens (primary N) is 1. The van der Waals surface area contributed by atoms with Crippen molar-refractivity contribution in [3.8, 4) is 0 Å². The molecular weight excluding hydrogens is 363 g/mol. The lowest BCUT2D eigenvalue weighted by molar-refractivity contribution is -0.124. The number of hydrogen-bond donors (Lipinski definition) is 2. The highest BCUT2D eigenvalue weighted by Gasteiger charge is 2.19. The summed E-state index contributed by atoms with van der Waals surface area (Å²) in [6.45, 7) is 1.11. The molecular formula is C17H17FN2O5S. The van der Waals surface area contributed by atoms with Gasteiger partial charge in [-0.25, -0.2) is 22.7 Å². The van der Waals surface area contributed by atoms with Crippen molar-refractivity contribution in [3.63, 3.8) is 0 Å². The second-order valence-electron chi connectivity index (χ2n) is 5.46. The summed E-state index contributed by atoms with van der Waals surface area (Å²) in [5.74, 6) is -2.74. The maximum atomic E-state index is 13.7. The topological polar surface area (TPSA) is 116 Å². The Morgan fingerprint density at radius 3 is 2.46 bits per heavy atom. The van der Waals surface area contributed by atoms with Crippen molar-refractivity contribution in [1.29, 1.82) is 0 Å². The molecule has 138 valence electrons. The van der Waals surface area contributed by atoms with Crippen LogP contribution in [0.2, 0.25) is 0 Å². The summed E-state index contributed by atoms with van der Waals surface area (Å²) in [5.41, 5.74) is 0.236. The molecule has 7 nitrogen and oxygen atoms in total. The lowest BCUT2D eigenvalue weighted by Crippen LogP contribution is -2.31. The predicted molar refractivity (Wildman–Crippen MR) is 91.1 cm³/mol. The third-order valence-corrected chi connectivity index (χ3v) is 4.41. The second-order valence-corrected chi connectivity index (χ2v) is 7.02. The monoisotopic (exact) mass is 380 g/mol. The standard InChI is InChI=1S/C17H17FN2O5S/c1-11(12-5-3-2-4-6-12)20-16(21)10-25-17(22)14-9-13(26(19,23)24)7-8-15(14)18/h2-9,11H,10H2,1H3,(H,20,21)(H2,19,23,24)/t11-/m1/s1. The Kier molecular flexibility index (Phi) is 6.06. The molecule has 0 unspecified atom stereocenters. The van der Waals surface area contributed by atoms with Gasteiger partial charge in [-0.2, -0.15) is 0 Å². The van der Waals surface area contributed by atoms with Crippen molar-refractivity contribution in [2.75, 3.05) is 6.61 Å². The van der Waals surface area contributed by atoms with Crippen LogP contribution in [0.3, 0.4) is 0 Å². The SMILES string of the molecule is C[C@@H](NC(=O)COC(=O)c1cc(S(N)(=O)=O)ccc1F)c1ccccc1. The summed E-state index contributed by atoms with van der Waals surface area (Å²) in [6, 6.07) is 11.3. The van der Waals surface area contributed by atoms with Crippen LogP contribution in [0.1, 0.15) is 28.9 Å². The molecule has 0 aliphatic carbocycles. The molecule has 0 fully saturated rings. The van der Waals surface area contributed by atoms with Gasteiger partial charge < -0.3 is 10.1 Å². The largest absolute Gasteiger partial charge is 0.452 e. The van der Waals surface area contributed by atoms with E-state index in [1.807, 2.05) is 30.3 Å². The Bertz CT molecular complexity index is 916. The number of amides is 1. The number of ether oxygens (including phenoxy) is 1. The van der Waals surface area contributed by atoms with E-state index in [0.717, 1.165) is 23.8 Å². The number of carbonyl (C=O) groups excluding carboxylic acids is 2. The van der Waals surface area contributed by atoms with Crippen molar-refractivity contribution in [1.82, 2.24) is 5.32 Å². The number of esters is 1. The quantitative estimate of drug-likeness (QED) is 0.737. The fraction of sp³-hybridized carbons (Fsp3) is 0.176. The summed E-state index contributed by atoms with van der Waals surface area (Å²) in [7, 11) is -4.11. The smallest absolute Gasteiger partial charge is 0.341 e. The minimum absolute atomic E-state index is 0.315.